The molecule has 0 bridgehead atoms. The standard InChI is InChI=1S/C26H25N5OS/c1-17-15-22(18(2)30(17)20-7-6-13-27-16-20)25-24(23-8-4-5-14-28-23)29-26(33)31(25)19-9-11-21(32-3)12-10-19/h4-16,24-25H,1-3H3,(H,29,33)/t24-,25-/m0/s1. The zero-order valence-electron chi connectivity index (χ0n) is 18.8. The smallest absolute Gasteiger partial charge is 0.174 e. The summed E-state index contributed by atoms with van der Waals surface area (Å²) in [4.78, 5) is 11.2. The average molecular weight is 456 g/mol. The van der Waals surface area contributed by atoms with E-state index >= 15 is 0 Å². The van der Waals surface area contributed by atoms with Crippen LogP contribution in [0.5, 0.6) is 5.75 Å². The van der Waals surface area contributed by atoms with E-state index in [0.717, 1.165) is 34.2 Å². The lowest BCUT2D eigenvalue weighted by molar-refractivity contribution is 0.415. The van der Waals surface area contributed by atoms with Gasteiger partial charge in [-0.1, -0.05) is 6.07 Å². The lowest BCUT2D eigenvalue weighted by Crippen LogP contribution is -2.29. The van der Waals surface area contributed by atoms with Gasteiger partial charge in [-0.05, 0) is 86.2 Å². The van der Waals surface area contributed by atoms with Gasteiger partial charge in [-0.3, -0.25) is 9.97 Å². The van der Waals surface area contributed by atoms with Crippen molar-refractivity contribution in [3.63, 3.8) is 0 Å². The molecule has 0 saturated carbocycles. The molecule has 3 aromatic heterocycles. The molecule has 4 heterocycles. The van der Waals surface area contributed by atoms with Gasteiger partial charge in [-0.15, -0.1) is 0 Å². The van der Waals surface area contributed by atoms with Crippen molar-refractivity contribution < 1.29 is 4.74 Å². The zero-order valence-corrected chi connectivity index (χ0v) is 19.6. The third kappa shape index (κ3) is 3.74. The summed E-state index contributed by atoms with van der Waals surface area (Å²) in [7, 11) is 1.67. The van der Waals surface area contributed by atoms with Crippen LogP contribution < -0.4 is 15.0 Å². The number of pyridine rings is 2. The van der Waals surface area contributed by atoms with Crippen LogP contribution >= 0.6 is 12.2 Å². The number of aryl methyl sites for hydroxylation is 1. The number of thiocarbonyl (C=S) groups is 1. The predicted octanol–water partition coefficient (Wildman–Crippen LogP) is 5.07. The maximum atomic E-state index is 5.85. The van der Waals surface area contributed by atoms with Crippen molar-refractivity contribution in [2.75, 3.05) is 12.0 Å². The quantitative estimate of drug-likeness (QED) is 0.424. The molecule has 0 unspecified atom stereocenters. The average Bonchev–Trinajstić information content (AvgIpc) is 3.35. The van der Waals surface area contributed by atoms with Crippen molar-refractivity contribution in [2.24, 2.45) is 0 Å². The van der Waals surface area contributed by atoms with Gasteiger partial charge in [0.05, 0.1) is 36.8 Å². The fourth-order valence-electron chi connectivity index (χ4n) is 4.66. The number of nitrogens with zero attached hydrogens (tertiary/aromatic N) is 4. The van der Waals surface area contributed by atoms with Gasteiger partial charge in [0, 0.05) is 29.5 Å². The second-order valence-electron chi connectivity index (χ2n) is 8.07. The molecule has 0 amide bonds. The fourth-order valence-corrected chi connectivity index (χ4v) is 5.01. The highest BCUT2D eigenvalue weighted by molar-refractivity contribution is 7.80. The second kappa shape index (κ2) is 8.67. The minimum Gasteiger partial charge on any atom is -0.497 e. The third-order valence-corrected chi connectivity index (χ3v) is 6.46. The molecule has 33 heavy (non-hydrogen) atoms. The maximum absolute atomic E-state index is 5.85. The maximum Gasteiger partial charge on any atom is 0.174 e. The van der Waals surface area contributed by atoms with E-state index in [2.05, 4.69) is 50.7 Å². The van der Waals surface area contributed by atoms with Crippen LogP contribution in [0, 0.1) is 13.8 Å². The number of hydrogen-bond donors (Lipinski definition) is 1. The van der Waals surface area contributed by atoms with E-state index in [-0.39, 0.29) is 12.1 Å². The Kier molecular flexibility index (Phi) is 5.56. The van der Waals surface area contributed by atoms with Crippen molar-refractivity contribution in [1.29, 1.82) is 0 Å². The van der Waals surface area contributed by atoms with Gasteiger partial charge in [-0.2, -0.15) is 0 Å². The lowest BCUT2D eigenvalue weighted by atomic mass is 9.96. The van der Waals surface area contributed by atoms with Crippen LogP contribution in [0.25, 0.3) is 5.69 Å². The SMILES string of the molecule is COc1ccc(N2C(=S)N[C@@H](c3ccccn3)[C@@H]2c2cc(C)n(-c3cccnc3)c2C)cc1. The van der Waals surface area contributed by atoms with Gasteiger partial charge in [0.15, 0.2) is 5.11 Å². The van der Waals surface area contributed by atoms with E-state index < -0.39 is 0 Å². The first-order valence-electron chi connectivity index (χ1n) is 10.8. The molecule has 1 fully saturated rings. The number of methoxy groups -OCH3 is 1. The Bertz CT molecular complexity index is 1270. The third-order valence-electron chi connectivity index (χ3n) is 6.14. The molecule has 166 valence electrons. The Morgan fingerprint density at radius 3 is 2.45 bits per heavy atom. The summed E-state index contributed by atoms with van der Waals surface area (Å²) in [6.45, 7) is 4.27. The Hall–Kier alpha value is -3.71. The molecule has 1 saturated heterocycles. The summed E-state index contributed by atoms with van der Waals surface area (Å²) < 4.78 is 7.60. The topological polar surface area (TPSA) is 55.2 Å². The highest BCUT2D eigenvalue weighted by atomic mass is 32.1. The normalized spacial score (nSPS) is 17.8. The number of nitrogens with one attached hydrogen (secondary N) is 1. The Labute approximate surface area is 198 Å². The lowest BCUT2D eigenvalue weighted by Gasteiger charge is -2.28. The molecular formula is C26H25N5OS. The summed E-state index contributed by atoms with van der Waals surface area (Å²) in [5.74, 6) is 0.810. The summed E-state index contributed by atoms with van der Waals surface area (Å²) >= 11 is 5.85. The molecule has 6 nitrogen and oxygen atoms in total. The molecule has 1 aliphatic heterocycles. The summed E-state index contributed by atoms with van der Waals surface area (Å²) in [5.41, 5.74) is 6.47. The number of anilines is 1. The van der Waals surface area contributed by atoms with Crippen LogP contribution in [0.15, 0.2) is 79.3 Å². The van der Waals surface area contributed by atoms with Crippen LogP contribution in [0.4, 0.5) is 5.69 Å². The van der Waals surface area contributed by atoms with Gasteiger partial charge >= 0.3 is 0 Å². The van der Waals surface area contributed by atoms with E-state index in [9.17, 15) is 0 Å². The molecular weight excluding hydrogens is 430 g/mol. The molecule has 1 N–H and O–H groups in total. The molecule has 0 radical (unpaired) electrons. The number of hydrogen-bond acceptors (Lipinski definition) is 4. The minimum atomic E-state index is -0.0938. The van der Waals surface area contributed by atoms with Crippen LogP contribution in [0.1, 0.15) is 34.7 Å². The Morgan fingerprint density at radius 2 is 1.79 bits per heavy atom. The second-order valence-corrected chi connectivity index (χ2v) is 8.45. The number of ether oxygens (including phenoxy) is 1. The van der Waals surface area contributed by atoms with Crippen LogP contribution in [0.2, 0.25) is 0 Å². The van der Waals surface area contributed by atoms with Crippen molar-refractivity contribution in [2.45, 2.75) is 25.9 Å². The molecule has 1 aromatic carbocycles. The van der Waals surface area contributed by atoms with Crippen molar-refractivity contribution >= 4 is 23.0 Å². The zero-order chi connectivity index (χ0) is 22.9. The molecule has 0 aliphatic carbocycles. The highest BCUT2D eigenvalue weighted by Crippen LogP contribution is 2.43. The number of aromatic nitrogens is 3. The molecule has 0 spiro atoms. The van der Waals surface area contributed by atoms with E-state index in [1.54, 1.807) is 13.3 Å². The molecule has 4 aromatic rings. The Morgan fingerprint density at radius 1 is 0.970 bits per heavy atom. The van der Waals surface area contributed by atoms with Crippen molar-refractivity contribution in [3.05, 3.63) is 102 Å². The van der Waals surface area contributed by atoms with Gasteiger partial charge in [0.25, 0.3) is 0 Å². The fraction of sp³-hybridized carbons (Fsp3) is 0.192. The largest absolute Gasteiger partial charge is 0.497 e. The van der Waals surface area contributed by atoms with Gasteiger partial charge in [0.2, 0.25) is 0 Å². The first-order valence-corrected chi connectivity index (χ1v) is 11.2. The molecule has 7 heteroatoms. The minimum absolute atomic E-state index is 0.0718. The van der Waals surface area contributed by atoms with E-state index in [4.69, 9.17) is 17.0 Å². The first-order chi connectivity index (χ1) is 16.1. The van der Waals surface area contributed by atoms with Gasteiger partial charge in [-0.25, -0.2) is 0 Å². The van der Waals surface area contributed by atoms with Crippen LogP contribution in [-0.2, 0) is 0 Å². The number of rotatable bonds is 5. The number of benzene rings is 1. The summed E-state index contributed by atoms with van der Waals surface area (Å²) in [5, 5.41) is 4.21. The van der Waals surface area contributed by atoms with E-state index in [1.165, 1.54) is 5.56 Å². The Balaban J connectivity index is 1.66. The van der Waals surface area contributed by atoms with Gasteiger partial charge in [0.1, 0.15) is 5.75 Å². The summed E-state index contributed by atoms with van der Waals surface area (Å²) in [6.07, 6.45) is 5.51. The highest BCUT2D eigenvalue weighted by Gasteiger charge is 2.42. The molecule has 1 aliphatic rings. The van der Waals surface area contributed by atoms with E-state index in [1.807, 2.05) is 60.9 Å². The molecule has 5 rings (SSSR count). The van der Waals surface area contributed by atoms with E-state index in [0.29, 0.717) is 5.11 Å². The molecule has 2 atom stereocenters. The van der Waals surface area contributed by atoms with Crippen LogP contribution in [-0.4, -0.2) is 26.8 Å². The first kappa shape index (κ1) is 21.2. The van der Waals surface area contributed by atoms with Crippen molar-refractivity contribution in [1.82, 2.24) is 19.9 Å². The van der Waals surface area contributed by atoms with Gasteiger partial charge < -0.3 is 19.5 Å². The van der Waals surface area contributed by atoms with Crippen molar-refractivity contribution in [3.8, 4) is 11.4 Å². The predicted molar refractivity (Wildman–Crippen MR) is 134 cm³/mol. The summed E-state index contributed by atoms with van der Waals surface area (Å²) in [6, 6.07) is 20.1. The monoisotopic (exact) mass is 455 g/mol. The van der Waals surface area contributed by atoms with Crippen LogP contribution in [0.3, 0.4) is 0 Å².